The normalized spacial score (nSPS) is 40.4. The van der Waals surface area contributed by atoms with E-state index in [1.165, 1.54) is 51.6 Å². The van der Waals surface area contributed by atoms with E-state index >= 15 is 0 Å². The van der Waals surface area contributed by atoms with Crippen LogP contribution in [0.1, 0.15) is 38.5 Å². The zero-order valence-corrected chi connectivity index (χ0v) is 11.0. The molecule has 2 heterocycles. The van der Waals surface area contributed by atoms with E-state index in [4.69, 9.17) is 4.74 Å². The topological polar surface area (TPSA) is 24.5 Å². The van der Waals surface area contributed by atoms with Crippen LogP contribution in [0.4, 0.5) is 0 Å². The first-order valence-electron chi connectivity index (χ1n) is 7.39. The summed E-state index contributed by atoms with van der Waals surface area (Å²) in [5.41, 5.74) is 0. The molecule has 0 aromatic carbocycles. The van der Waals surface area contributed by atoms with Crippen LogP contribution in [0.3, 0.4) is 0 Å². The van der Waals surface area contributed by atoms with Crippen molar-refractivity contribution in [2.24, 2.45) is 5.92 Å². The first kappa shape index (κ1) is 11.9. The third-order valence-electron chi connectivity index (χ3n) is 4.95. The molecule has 3 rings (SSSR count). The molecule has 3 atom stereocenters. The van der Waals surface area contributed by atoms with Crippen LogP contribution in [0.15, 0.2) is 0 Å². The number of nitrogens with one attached hydrogen (secondary N) is 1. The lowest BCUT2D eigenvalue weighted by atomic mass is 9.81. The summed E-state index contributed by atoms with van der Waals surface area (Å²) in [4.78, 5) is 2.44. The molecule has 1 saturated carbocycles. The monoisotopic (exact) mass is 238 g/mol. The van der Waals surface area contributed by atoms with Gasteiger partial charge in [0.05, 0.1) is 6.10 Å². The van der Waals surface area contributed by atoms with E-state index < -0.39 is 0 Å². The van der Waals surface area contributed by atoms with Gasteiger partial charge >= 0.3 is 0 Å². The van der Waals surface area contributed by atoms with Crippen molar-refractivity contribution in [2.45, 2.75) is 56.7 Å². The van der Waals surface area contributed by atoms with E-state index in [1.54, 1.807) is 0 Å². The first-order valence-corrected chi connectivity index (χ1v) is 7.39. The molecule has 0 bridgehead atoms. The molecule has 0 aromatic rings. The van der Waals surface area contributed by atoms with Crippen LogP contribution in [-0.2, 0) is 4.74 Å². The fourth-order valence-corrected chi connectivity index (χ4v) is 3.86. The van der Waals surface area contributed by atoms with Gasteiger partial charge in [0, 0.05) is 24.6 Å². The van der Waals surface area contributed by atoms with Gasteiger partial charge in [0.15, 0.2) is 0 Å². The number of hydrogen-bond acceptors (Lipinski definition) is 3. The summed E-state index contributed by atoms with van der Waals surface area (Å²) < 4.78 is 5.85. The smallest absolute Gasteiger partial charge is 0.0619 e. The van der Waals surface area contributed by atoms with Crippen molar-refractivity contribution in [1.82, 2.24) is 10.2 Å². The fourth-order valence-electron chi connectivity index (χ4n) is 3.86. The maximum Gasteiger partial charge on any atom is 0.0619 e. The fraction of sp³-hybridized carbons (Fsp3) is 1.00. The maximum absolute atomic E-state index is 5.85. The average molecular weight is 238 g/mol. The summed E-state index contributed by atoms with van der Waals surface area (Å²) in [6.45, 7) is 3.52. The van der Waals surface area contributed by atoms with Gasteiger partial charge in [-0.15, -0.1) is 0 Å². The molecule has 3 heteroatoms. The predicted octanol–water partition coefficient (Wildman–Crippen LogP) is 1.63. The molecule has 17 heavy (non-hydrogen) atoms. The van der Waals surface area contributed by atoms with Gasteiger partial charge in [-0.3, -0.25) is 0 Å². The molecule has 0 radical (unpaired) electrons. The lowest BCUT2D eigenvalue weighted by Crippen LogP contribution is -2.50. The molecule has 0 spiro atoms. The zero-order chi connectivity index (χ0) is 11.7. The van der Waals surface area contributed by atoms with Crippen molar-refractivity contribution >= 4 is 0 Å². The predicted molar refractivity (Wildman–Crippen MR) is 69.1 cm³/mol. The Balaban J connectivity index is 1.53. The molecule has 1 N–H and O–H groups in total. The van der Waals surface area contributed by atoms with Crippen molar-refractivity contribution in [2.75, 3.05) is 26.7 Å². The lowest BCUT2D eigenvalue weighted by Gasteiger charge is -2.38. The van der Waals surface area contributed by atoms with Gasteiger partial charge in [0.1, 0.15) is 0 Å². The summed E-state index contributed by atoms with van der Waals surface area (Å²) in [7, 11) is 2.23. The maximum atomic E-state index is 5.85. The molecule has 3 fully saturated rings. The molecular formula is C14H26N2O. The number of fused-ring (bicyclic) bond motifs is 1. The second kappa shape index (κ2) is 5.25. The van der Waals surface area contributed by atoms with Gasteiger partial charge in [-0.2, -0.15) is 0 Å². The molecule has 0 aromatic heterocycles. The van der Waals surface area contributed by atoms with Gasteiger partial charge in [-0.05, 0) is 58.7 Å². The van der Waals surface area contributed by atoms with Crippen LogP contribution in [0, 0.1) is 5.92 Å². The summed E-state index contributed by atoms with van der Waals surface area (Å²) in [5.74, 6) is 0.809. The van der Waals surface area contributed by atoms with Gasteiger partial charge < -0.3 is 15.0 Å². The Kier molecular flexibility index (Phi) is 3.69. The van der Waals surface area contributed by atoms with Gasteiger partial charge in [-0.25, -0.2) is 0 Å². The molecule has 2 saturated heterocycles. The Bertz CT molecular complexity index is 251. The van der Waals surface area contributed by atoms with E-state index in [1.807, 2.05) is 0 Å². The lowest BCUT2D eigenvalue weighted by molar-refractivity contribution is 0.0489. The third-order valence-corrected chi connectivity index (χ3v) is 4.95. The molecule has 3 nitrogen and oxygen atoms in total. The first-order chi connectivity index (χ1) is 8.33. The minimum Gasteiger partial charge on any atom is -0.378 e. The Morgan fingerprint density at radius 3 is 2.71 bits per heavy atom. The molecule has 3 aliphatic rings. The van der Waals surface area contributed by atoms with Crippen molar-refractivity contribution in [3.8, 4) is 0 Å². The standard InChI is InChI=1S/C14H26N2O/c1-16-8-5-11(6-9-16)15-13-3-2-4-14-12(13)7-10-17-14/h11-15H,2-10H2,1H3. The highest BCUT2D eigenvalue weighted by molar-refractivity contribution is 4.92. The number of ether oxygens (including phenoxy) is 1. The van der Waals surface area contributed by atoms with Crippen LogP contribution in [0.2, 0.25) is 0 Å². The third kappa shape index (κ3) is 2.67. The highest BCUT2D eigenvalue weighted by Crippen LogP contribution is 2.34. The van der Waals surface area contributed by atoms with E-state index in [0.29, 0.717) is 6.10 Å². The number of likely N-dealkylation sites (tertiary alicyclic amines) is 1. The van der Waals surface area contributed by atoms with Gasteiger partial charge in [0.2, 0.25) is 0 Å². The van der Waals surface area contributed by atoms with Crippen LogP contribution in [0.5, 0.6) is 0 Å². The van der Waals surface area contributed by atoms with Crippen molar-refractivity contribution in [3.63, 3.8) is 0 Å². The molecular weight excluding hydrogens is 212 g/mol. The van der Waals surface area contributed by atoms with Gasteiger partial charge in [-0.1, -0.05) is 0 Å². The SMILES string of the molecule is CN1CCC(NC2CCCC3OCCC23)CC1. The largest absolute Gasteiger partial charge is 0.378 e. The molecule has 0 amide bonds. The van der Waals surface area contributed by atoms with Crippen LogP contribution < -0.4 is 5.32 Å². The number of rotatable bonds is 2. The van der Waals surface area contributed by atoms with Crippen molar-refractivity contribution < 1.29 is 4.74 Å². The van der Waals surface area contributed by atoms with Crippen LogP contribution >= 0.6 is 0 Å². The Hall–Kier alpha value is -0.120. The number of piperidine rings is 1. The van der Waals surface area contributed by atoms with Gasteiger partial charge in [0.25, 0.3) is 0 Å². The van der Waals surface area contributed by atoms with Crippen LogP contribution in [0.25, 0.3) is 0 Å². The second-order valence-corrected chi connectivity index (χ2v) is 6.14. The van der Waals surface area contributed by atoms with E-state index in [2.05, 4.69) is 17.3 Å². The minimum atomic E-state index is 0.576. The summed E-state index contributed by atoms with van der Waals surface area (Å²) >= 11 is 0. The number of hydrogen-bond donors (Lipinski definition) is 1. The molecule has 3 unspecified atom stereocenters. The van der Waals surface area contributed by atoms with E-state index in [0.717, 1.165) is 24.6 Å². The summed E-state index contributed by atoms with van der Waals surface area (Å²) in [6.07, 6.45) is 8.54. The summed E-state index contributed by atoms with van der Waals surface area (Å²) in [6, 6.07) is 1.50. The van der Waals surface area contributed by atoms with Crippen molar-refractivity contribution in [3.05, 3.63) is 0 Å². The van der Waals surface area contributed by atoms with E-state index in [-0.39, 0.29) is 0 Å². The number of nitrogens with zero attached hydrogens (tertiary/aromatic N) is 1. The highest BCUT2D eigenvalue weighted by Gasteiger charge is 2.38. The molecule has 2 aliphatic heterocycles. The molecule has 1 aliphatic carbocycles. The van der Waals surface area contributed by atoms with E-state index in [9.17, 15) is 0 Å². The Labute approximate surface area is 105 Å². The summed E-state index contributed by atoms with van der Waals surface area (Å²) in [5, 5.41) is 3.94. The minimum absolute atomic E-state index is 0.576. The van der Waals surface area contributed by atoms with Crippen molar-refractivity contribution in [1.29, 1.82) is 0 Å². The highest BCUT2D eigenvalue weighted by atomic mass is 16.5. The average Bonchev–Trinajstić information content (AvgIpc) is 2.81. The molecule has 98 valence electrons. The Morgan fingerprint density at radius 2 is 1.88 bits per heavy atom. The van der Waals surface area contributed by atoms with Crippen LogP contribution in [-0.4, -0.2) is 49.8 Å². The second-order valence-electron chi connectivity index (χ2n) is 6.14. The zero-order valence-electron chi connectivity index (χ0n) is 11.0. The Morgan fingerprint density at radius 1 is 1.06 bits per heavy atom. The quantitative estimate of drug-likeness (QED) is 0.791.